The van der Waals surface area contributed by atoms with Crippen LogP contribution < -0.4 is 4.74 Å². The maximum Gasteiger partial charge on any atom is 0.353 e. The first-order chi connectivity index (χ1) is 8.27. The molecule has 0 saturated carbocycles. The summed E-state index contributed by atoms with van der Waals surface area (Å²) in [6, 6.07) is 6.96. The topological polar surface area (TPSA) is 43.4 Å². The first-order valence-electron chi connectivity index (χ1n) is 5.68. The highest BCUT2D eigenvalue weighted by Gasteiger charge is 2.33. The van der Waals surface area contributed by atoms with Gasteiger partial charge >= 0.3 is 5.97 Å². The zero-order chi connectivity index (χ0) is 11.8. The van der Waals surface area contributed by atoms with Gasteiger partial charge in [-0.25, -0.2) is 4.79 Å². The van der Waals surface area contributed by atoms with Crippen molar-refractivity contribution in [3.05, 3.63) is 29.8 Å². The van der Waals surface area contributed by atoms with E-state index in [4.69, 9.17) is 4.74 Å². The van der Waals surface area contributed by atoms with Crippen molar-refractivity contribution >= 4 is 27.1 Å². The smallest absolute Gasteiger partial charge is 0.353 e. The lowest BCUT2D eigenvalue weighted by Gasteiger charge is -2.18. The number of rotatable bonds is 0. The first kappa shape index (κ1) is 10.7. The van der Waals surface area contributed by atoms with Crippen molar-refractivity contribution in [3.63, 3.8) is 0 Å². The molecule has 3 rings (SSSR count). The highest BCUT2D eigenvalue weighted by molar-refractivity contribution is 8.18. The lowest BCUT2D eigenvalue weighted by molar-refractivity contribution is -0.126. The molecule has 2 aliphatic heterocycles. The summed E-state index contributed by atoms with van der Waals surface area (Å²) < 4.78 is 5.24. The van der Waals surface area contributed by atoms with Crippen LogP contribution in [0.1, 0.15) is 23.2 Å². The largest absolute Gasteiger partial charge is 0.422 e. The Labute approximate surface area is 102 Å². The van der Waals surface area contributed by atoms with Gasteiger partial charge in [0.05, 0.1) is 5.56 Å². The van der Waals surface area contributed by atoms with Gasteiger partial charge in [-0.3, -0.25) is 4.79 Å². The molecule has 88 valence electrons. The monoisotopic (exact) mass is 248 g/mol. The number of esters is 1. The Bertz CT molecular complexity index is 537. The normalized spacial score (nSPS) is 20.4. The average molecular weight is 248 g/mol. The van der Waals surface area contributed by atoms with Gasteiger partial charge in [0.2, 0.25) is 5.78 Å². The number of para-hydroxylation sites is 1. The molecule has 0 aliphatic carbocycles. The highest BCUT2D eigenvalue weighted by atomic mass is 32.2. The van der Waals surface area contributed by atoms with Gasteiger partial charge in [-0.15, -0.1) is 0 Å². The Morgan fingerprint density at radius 1 is 1.06 bits per heavy atom. The van der Waals surface area contributed by atoms with Crippen LogP contribution in [0.15, 0.2) is 24.3 Å². The standard InChI is InChI=1S/C13H12O3S/c14-11-9-5-1-2-6-10(9)16-13(15)12(11)17-7-3-4-8-17/h1-2,5-6H,3-4,7-8H2. The second-order valence-electron chi connectivity index (χ2n) is 4.15. The van der Waals surface area contributed by atoms with Gasteiger partial charge in [0, 0.05) is 0 Å². The van der Waals surface area contributed by atoms with Crippen molar-refractivity contribution < 1.29 is 14.3 Å². The van der Waals surface area contributed by atoms with Crippen LogP contribution in [0.3, 0.4) is 0 Å². The van der Waals surface area contributed by atoms with E-state index in [1.165, 1.54) is 0 Å². The number of hydrogen-bond acceptors (Lipinski definition) is 3. The predicted molar refractivity (Wildman–Crippen MR) is 68.0 cm³/mol. The lowest BCUT2D eigenvalue weighted by Crippen LogP contribution is -2.34. The minimum Gasteiger partial charge on any atom is -0.422 e. The fourth-order valence-electron chi connectivity index (χ4n) is 2.21. The Hall–Kier alpha value is -1.42. The summed E-state index contributed by atoms with van der Waals surface area (Å²) in [5, 5.41) is 0. The second-order valence-corrected chi connectivity index (χ2v) is 6.36. The Kier molecular flexibility index (Phi) is 2.59. The van der Waals surface area contributed by atoms with E-state index in [2.05, 4.69) is 0 Å². The molecule has 1 aromatic rings. The minimum atomic E-state index is -0.432. The Morgan fingerprint density at radius 3 is 2.53 bits per heavy atom. The number of hydrogen-bond donors (Lipinski definition) is 0. The summed E-state index contributed by atoms with van der Waals surface area (Å²) in [6.07, 6.45) is 2.21. The molecule has 0 radical (unpaired) electrons. The number of carbonyl (C=O) groups is 2. The van der Waals surface area contributed by atoms with Crippen LogP contribution in [-0.2, 0) is 4.79 Å². The molecular weight excluding hydrogens is 236 g/mol. The van der Waals surface area contributed by atoms with Gasteiger partial charge in [-0.2, -0.15) is 10.5 Å². The number of ether oxygens (including phenoxy) is 1. The van der Waals surface area contributed by atoms with Gasteiger partial charge < -0.3 is 4.74 Å². The van der Waals surface area contributed by atoms with E-state index >= 15 is 0 Å². The minimum absolute atomic E-state index is 0.123. The first-order valence-corrected chi connectivity index (χ1v) is 7.24. The van der Waals surface area contributed by atoms with Gasteiger partial charge in [-0.1, -0.05) is 12.1 Å². The molecule has 2 aliphatic rings. The van der Waals surface area contributed by atoms with E-state index in [0.717, 1.165) is 24.3 Å². The van der Waals surface area contributed by atoms with Crippen LogP contribution in [0.2, 0.25) is 0 Å². The number of ketones is 1. The molecule has 1 fully saturated rings. The average Bonchev–Trinajstić information content (AvgIpc) is 2.83. The van der Waals surface area contributed by atoms with E-state index < -0.39 is 5.97 Å². The zero-order valence-corrected chi connectivity index (χ0v) is 10.1. The van der Waals surface area contributed by atoms with Crippen LogP contribution in [-0.4, -0.2) is 28.1 Å². The molecule has 0 N–H and O–H groups in total. The van der Waals surface area contributed by atoms with Crippen molar-refractivity contribution in [3.8, 4) is 5.75 Å². The summed E-state index contributed by atoms with van der Waals surface area (Å²) in [7, 11) is -0.189. The molecule has 0 amide bonds. The highest BCUT2D eigenvalue weighted by Crippen LogP contribution is 2.32. The SMILES string of the molecule is O=C1Oc2ccccc2C(=O)C1=S1CCCC1. The van der Waals surface area contributed by atoms with E-state index in [0.29, 0.717) is 16.2 Å². The molecule has 0 unspecified atom stereocenters. The van der Waals surface area contributed by atoms with Gasteiger partial charge in [-0.05, 0) is 36.5 Å². The van der Waals surface area contributed by atoms with Crippen LogP contribution in [0.5, 0.6) is 5.75 Å². The molecule has 17 heavy (non-hydrogen) atoms. The number of carbonyl (C=O) groups excluding carboxylic acids is 2. The van der Waals surface area contributed by atoms with Crippen molar-refractivity contribution in [1.82, 2.24) is 0 Å². The quantitative estimate of drug-likeness (QED) is 0.401. The third-order valence-electron chi connectivity index (χ3n) is 3.05. The van der Waals surface area contributed by atoms with Crippen LogP contribution >= 0.6 is 10.5 Å². The predicted octanol–water partition coefficient (Wildman–Crippen LogP) is 2.02. The van der Waals surface area contributed by atoms with Gasteiger partial charge in [0.1, 0.15) is 10.6 Å². The molecule has 0 bridgehead atoms. The number of fused-ring (bicyclic) bond motifs is 1. The molecule has 4 heteroatoms. The second kappa shape index (κ2) is 4.11. The number of Topliss-reactive ketones (excluding diaryl/α,β-unsaturated/α-hetero) is 1. The molecule has 0 atom stereocenters. The third kappa shape index (κ3) is 1.72. The maximum absolute atomic E-state index is 12.3. The van der Waals surface area contributed by atoms with Crippen LogP contribution in [0.25, 0.3) is 0 Å². The fourth-order valence-corrected chi connectivity index (χ4v) is 4.58. The molecule has 0 aromatic heterocycles. The maximum atomic E-state index is 12.3. The van der Waals surface area contributed by atoms with Crippen LogP contribution in [0, 0.1) is 0 Å². The van der Waals surface area contributed by atoms with E-state index in [1.54, 1.807) is 24.3 Å². The number of benzene rings is 1. The summed E-state index contributed by atoms with van der Waals surface area (Å²) >= 11 is 0. The molecule has 1 saturated heterocycles. The fraction of sp³-hybridized carbons (Fsp3) is 0.308. The van der Waals surface area contributed by atoms with Crippen LogP contribution in [0.4, 0.5) is 0 Å². The van der Waals surface area contributed by atoms with Gasteiger partial charge in [0.15, 0.2) is 0 Å². The summed E-state index contributed by atoms with van der Waals surface area (Å²) in [4.78, 5) is 24.6. The Morgan fingerprint density at radius 2 is 1.76 bits per heavy atom. The summed E-state index contributed by atoms with van der Waals surface area (Å²) in [5.41, 5.74) is 0.529. The van der Waals surface area contributed by atoms with Crippen molar-refractivity contribution in [2.75, 3.05) is 11.5 Å². The molecule has 0 spiro atoms. The molecule has 3 nitrogen and oxygen atoms in total. The molecular formula is C13H12O3S. The van der Waals surface area contributed by atoms with Crippen molar-refractivity contribution in [2.45, 2.75) is 12.8 Å². The summed E-state index contributed by atoms with van der Waals surface area (Å²) in [6.45, 7) is 0. The molecule has 1 aromatic carbocycles. The van der Waals surface area contributed by atoms with E-state index in [-0.39, 0.29) is 16.3 Å². The van der Waals surface area contributed by atoms with Crippen molar-refractivity contribution in [1.29, 1.82) is 0 Å². The van der Waals surface area contributed by atoms with E-state index in [9.17, 15) is 9.59 Å². The van der Waals surface area contributed by atoms with E-state index in [1.807, 2.05) is 0 Å². The molecule has 2 heterocycles. The summed E-state index contributed by atoms with van der Waals surface area (Å²) in [5.74, 6) is 1.76. The van der Waals surface area contributed by atoms with Crippen molar-refractivity contribution in [2.24, 2.45) is 0 Å². The Balaban J connectivity index is 2.13. The van der Waals surface area contributed by atoms with Gasteiger partial charge in [0.25, 0.3) is 0 Å². The zero-order valence-electron chi connectivity index (χ0n) is 9.27. The third-order valence-corrected chi connectivity index (χ3v) is 5.54. The lowest BCUT2D eigenvalue weighted by atomic mass is 10.1.